The molecule has 1 aromatic carbocycles. The van der Waals surface area contributed by atoms with Gasteiger partial charge in [-0.1, -0.05) is 0 Å². The summed E-state index contributed by atoms with van der Waals surface area (Å²) in [4.78, 5) is 29.8. The number of hydrogen-bond acceptors (Lipinski definition) is 3. The Labute approximate surface area is 167 Å². The number of nitrogens with one attached hydrogen (secondary N) is 1. The van der Waals surface area contributed by atoms with Crippen molar-refractivity contribution >= 4 is 34.6 Å². The predicted molar refractivity (Wildman–Crippen MR) is 110 cm³/mol. The third-order valence-corrected chi connectivity index (χ3v) is 5.10. The lowest BCUT2D eigenvalue weighted by molar-refractivity contribution is -0.125. The Bertz CT molecular complexity index is 1150. The average Bonchev–Trinajstić information content (AvgIpc) is 3.00. The van der Waals surface area contributed by atoms with Crippen LogP contribution in [0.4, 0.5) is 10.2 Å². The molecule has 148 valence electrons. The number of aryl methyl sites for hydroxylation is 2. The molecule has 2 aromatic heterocycles. The summed E-state index contributed by atoms with van der Waals surface area (Å²) in [7, 11) is 3.61. The number of fused-ring (bicyclic) bond motifs is 2. The molecule has 0 spiro atoms. The van der Waals surface area contributed by atoms with E-state index in [0.29, 0.717) is 25.2 Å². The summed E-state index contributed by atoms with van der Waals surface area (Å²) in [5, 5.41) is 3.54. The number of rotatable bonds is 4. The van der Waals surface area contributed by atoms with Gasteiger partial charge in [-0.25, -0.2) is 9.37 Å². The number of hydrogen-bond donors (Lipinski definition) is 1. The Morgan fingerprint density at radius 2 is 2.17 bits per heavy atom. The summed E-state index contributed by atoms with van der Waals surface area (Å²) >= 11 is 0. The van der Waals surface area contributed by atoms with Crippen molar-refractivity contribution in [1.82, 2.24) is 14.5 Å². The summed E-state index contributed by atoms with van der Waals surface area (Å²) in [6.07, 6.45) is 7.83. The third kappa shape index (κ3) is 3.89. The highest BCUT2D eigenvalue weighted by atomic mass is 19.1. The highest BCUT2D eigenvalue weighted by molar-refractivity contribution is 5.94. The topological polar surface area (TPSA) is 67.2 Å². The molecule has 2 amide bonds. The van der Waals surface area contributed by atoms with E-state index in [0.717, 1.165) is 27.6 Å². The maximum absolute atomic E-state index is 13.6. The largest absolute Gasteiger partial charge is 0.350 e. The van der Waals surface area contributed by atoms with Crippen molar-refractivity contribution in [1.29, 1.82) is 0 Å². The zero-order chi connectivity index (χ0) is 20.5. The second-order valence-electron chi connectivity index (χ2n) is 7.28. The number of pyridine rings is 1. The second kappa shape index (κ2) is 7.50. The molecular weight excluding hydrogens is 371 g/mol. The van der Waals surface area contributed by atoms with Crippen LogP contribution in [0.5, 0.6) is 0 Å². The number of halogens is 1. The molecule has 0 aliphatic carbocycles. The summed E-state index contributed by atoms with van der Waals surface area (Å²) < 4.78 is 15.6. The maximum Gasteiger partial charge on any atom is 0.246 e. The number of amides is 2. The highest BCUT2D eigenvalue weighted by Gasteiger charge is 2.16. The van der Waals surface area contributed by atoms with Gasteiger partial charge in [0.1, 0.15) is 11.6 Å². The van der Waals surface area contributed by atoms with Gasteiger partial charge < -0.3 is 14.8 Å². The summed E-state index contributed by atoms with van der Waals surface area (Å²) in [6, 6.07) is 6.60. The number of nitrogens with zero attached hydrogens (tertiary/aromatic N) is 3. The van der Waals surface area contributed by atoms with Crippen LogP contribution in [0, 0.1) is 5.82 Å². The first-order valence-electron chi connectivity index (χ1n) is 9.36. The van der Waals surface area contributed by atoms with Crippen LogP contribution < -0.4 is 5.32 Å². The second-order valence-corrected chi connectivity index (χ2v) is 7.28. The number of likely N-dealkylation sites (N-methyl/N-ethyl adjacent to an activating group) is 1. The van der Waals surface area contributed by atoms with E-state index in [1.165, 1.54) is 18.2 Å². The van der Waals surface area contributed by atoms with Gasteiger partial charge >= 0.3 is 0 Å². The molecule has 0 bridgehead atoms. The number of carbonyl (C=O) groups excluding carboxylic acids is 2. The zero-order valence-electron chi connectivity index (χ0n) is 16.3. The number of aromatic nitrogens is 2. The predicted octanol–water partition coefficient (Wildman–Crippen LogP) is 3.27. The molecule has 0 unspecified atom stereocenters. The van der Waals surface area contributed by atoms with Crippen LogP contribution >= 0.6 is 0 Å². The van der Waals surface area contributed by atoms with Gasteiger partial charge in [0, 0.05) is 56.4 Å². The number of benzene rings is 1. The highest BCUT2D eigenvalue weighted by Crippen LogP contribution is 2.23. The minimum atomic E-state index is -0.296. The minimum Gasteiger partial charge on any atom is -0.350 e. The Balaban J connectivity index is 1.48. The first kappa shape index (κ1) is 18.9. The summed E-state index contributed by atoms with van der Waals surface area (Å²) in [5.74, 6) is 0.0998. The molecule has 0 radical (unpaired) electrons. The smallest absolute Gasteiger partial charge is 0.246 e. The molecule has 0 atom stereocenters. The SMILES string of the molecule is CN(Cc1cn(C)c2ccc(F)cc12)C(=O)C=Cc1cnc2c(c1)CCC(=O)N2. The lowest BCUT2D eigenvalue weighted by Gasteiger charge is -2.16. The Morgan fingerprint density at radius 1 is 1.34 bits per heavy atom. The van der Waals surface area contributed by atoms with E-state index in [1.807, 2.05) is 23.9 Å². The van der Waals surface area contributed by atoms with Crippen molar-refractivity contribution in [3.8, 4) is 0 Å². The van der Waals surface area contributed by atoms with Crippen molar-refractivity contribution in [3.63, 3.8) is 0 Å². The lowest BCUT2D eigenvalue weighted by atomic mass is 10.0. The van der Waals surface area contributed by atoms with Gasteiger partial charge in [-0.15, -0.1) is 0 Å². The Kier molecular flexibility index (Phi) is 4.88. The van der Waals surface area contributed by atoms with Gasteiger partial charge in [0.15, 0.2) is 0 Å². The quantitative estimate of drug-likeness (QED) is 0.693. The van der Waals surface area contributed by atoms with Gasteiger partial charge in [0.2, 0.25) is 11.8 Å². The first-order chi connectivity index (χ1) is 13.9. The van der Waals surface area contributed by atoms with Crippen LogP contribution in [-0.2, 0) is 29.6 Å². The summed E-state index contributed by atoms with van der Waals surface area (Å²) in [6.45, 7) is 0.373. The van der Waals surface area contributed by atoms with Gasteiger partial charge in [-0.2, -0.15) is 0 Å². The van der Waals surface area contributed by atoms with Crippen molar-refractivity contribution in [3.05, 3.63) is 65.2 Å². The van der Waals surface area contributed by atoms with Gasteiger partial charge in [0.05, 0.1) is 0 Å². The van der Waals surface area contributed by atoms with E-state index in [4.69, 9.17) is 0 Å². The fraction of sp³-hybridized carbons (Fsp3) is 0.227. The molecule has 3 aromatic rings. The van der Waals surface area contributed by atoms with Crippen LogP contribution in [-0.4, -0.2) is 33.3 Å². The Morgan fingerprint density at radius 3 is 3.00 bits per heavy atom. The van der Waals surface area contributed by atoms with Crippen molar-refractivity contribution < 1.29 is 14.0 Å². The molecule has 4 rings (SSSR count). The zero-order valence-corrected chi connectivity index (χ0v) is 16.3. The van der Waals surface area contributed by atoms with Crippen LogP contribution in [0.2, 0.25) is 0 Å². The van der Waals surface area contributed by atoms with Crippen LogP contribution in [0.25, 0.3) is 17.0 Å². The molecule has 1 aliphatic rings. The maximum atomic E-state index is 13.6. The van der Waals surface area contributed by atoms with Crippen LogP contribution in [0.3, 0.4) is 0 Å². The molecule has 3 heterocycles. The lowest BCUT2D eigenvalue weighted by Crippen LogP contribution is -2.24. The van der Waals surface area contributed by atoms with Gasteiger partial charge in [-0.05, 0) is 53.5 Å². The molecule has 0 saturated heterocycles. The molecule has 7 heteroatoms. The molecule has 1 N–H and O–H groups in total. The standard InChI is InChI=1S/C22H21FN4O2/c1-26-12-16(18-10-17(23)5-6-19(18)26)13-27(2)21(29)8-3-14-9-15-4-7-20(28)25-22(15)24-11-14/h3,5-6,8-12H,4,7,13H2,1-2H3,(H,24,25,28). The minimum absolute atomic E-state index is 0.0292. The van der Waals surface area contributed by atoms with Gasteiger partial charge in [-0.3, -0.25) is 9.59 Å². The van der Waals surface area contributed by atoms with E-state index in [2.05, 4.69) is 10.3 Å². The summed E-state index contributed by atoms with van der Waals surface area (Å²) in [5.41, 5.74) is 3.57. The van der Waals surface area contributed by atoms with E-state index in [1.54, 1.807) is 30.3 Å². The van der Waals surface area contributed by atoms with E-state index >= 15 is 0 Å². The molecule has 6 nitrogen and oxygen atoms in total. The molecule has 0 saturated carbocycles. The Hall–Kier alpha value is -3.48. The van der Waals surface area contributed by atoms with Gasteiger partial charge in [0.25, 0.3) is 0 Å². The van der Waals surface area contributed by atoms with Crippen molar-refractivity contribution in [2.45, 2.75) is 19.4 Å². The third-order valence-electron chi connectivity index (χ3n) is 5.10. The fourth-order valence-corrected chi connectivity index (χ4v) is 3.57. The number of anilines is 1. The monoisotopic (exact) mass is 392 g/mol. The molecule has 29 heavy (non-hydrogen) atoms. The average molecular weight is 392 g/mol. The number of carbonyl (C=O) groups is 2. The van der Waals surface area contributed by atoms with Crippen molar-refractivity contribution in [2.75, 3.05) is 12.4 Å². The molecule has 1 aliphatic heterocycles. The van der Waals surface area contributed by atoms with E-state index in [9.17, 15) is 14.0 Å². The van der Waals surface area contributed by atoms with Crippen molar-refractivity contribution in [2.24, 2.45) is 7.05 Å². The molecular formula is C22H21FN4O2. The first-order valence-corrected chi connectivity index (χ1v) is 9.36. The van der Waals surface area contributed by atoms with E-state index < -0.39 is 0 Å². The van der Waals surface area contributed by atoms with Crippen LogP contribution in [0.1, 0.15) is 23.1 Å². The van der Waals surface area contributed by atoms with Crippen LogP contribution in [0.15, 0.2) is 42.7 Å². The fourth-order valence-electron chi connectivity index (χ4n) is 3.57. The normalized spacial score (nSPS) is 13.6. The molecule has 0 fully saturated rings. The van der Waals surface area contributed by atoms with E-state index in [-0.39, 0.29) is 17.6 Å².